The molecule has 2 aromatic carbocycles. The maximum Gasteiger partial charge on any atom is 0.231 e. The number of pyridine rings is 1. The first-order chi connectivity index (χ1) is 17.0. The second kappa shape index (κ2) is 8.70. The summed E-state index contributed by atoms with van der Waals surface area (Å²) in [6.45, 7) is 4.54. The molecule has 1 N–H and O–H groups in total. The summed E-state index contributed by atoms with van der Waals surface area (Å²) in [5, 5.41) is 4.20. The topological polar surface area (TPSA) is 51.6 Å². The Morgan fingerprint density at radius 2 is 1.74 bits per heavy atom. The summed E-state index contributed by atoms with van der Waals surface area (Å²) in [6.07, 6.45) is 1.82. The van der Waals surface area contributed by atoms with E-state index in [2.05, 4.69) is 79.9 Å². The van der Waals surface area contributed by atoms with Gasteiger partial charge in [0.1, 0.15) is 0 Å². The molecule has 2 atom stereocenters. The number of halogens is 1. The van der Waals surface area contributed by atoms with Gasteiger partial charge < -0.3 is 24.3 Å². The molecule has 4 heterocycles. The molecule has 0 radical (unpaired) electrons. The van der Waals surface area contributed by atoms with Crippen molar-refractivity contribution in [1.82, 2.24) is 14.9 Å². The van der Waals surface area contributed by atoms with Crippen LogP contribution in [0.5, 0.6) is 11.5 Å². The van der Waals surface area contributed by atoms with Crippen molar-refractivity contribution >= 4 is 38.9 Å². The van der Waals surface area contributed by atoms with E-state index in [0.29, 0.717) is 5.11 Å². The van der Waals surface area contributed by atoms with Gasteiger partial charge in [-0.25, -0.2) is 0 Å². The minimum absolute atomic E-state index is 0.104. The Hall–Kier alpha value is -3.36. The summed E-state index contributed by atoms with van der Waals surface area (Å²) in [7, 11) is 0. The van der Waals surface area contributed by atoms with E-state index in [-0.39, 0.29) is 18.9 Å². The molecular formula is C27H23BrN4O2S. The van der Waals surface area contributed by atoms with E-state index in [9.17, 15) is 0 Å². The van der Waals surface area contributed by atoms with Gasteiger partial charge in [0.25, 0.3) is 0 Å². The lowest BCUT2D eigenvalue weighted by Gasteiger charge is -2.28. The molecule has 0 unspecified atom stereocenters. The van der Waals surface area contributed by atoms with E-state index >= 15 is 0 Å². The first-order valence-corrected chi connectivity index (χ1v) is 12.6. The minimum atomic E-state index is -0.118. The molecule has 1 saturated heterocycles. The Bertz CT molecular complexity index is 1420. The summed E-state index contributed by atoms with van der Waals surface area (Å²) in [5.41, 5.74) is 6.51. The van der Waals surface area contributed by atoms with Gasteiger partial charge in [0.05, 0.1) is 17.8 Å². The first kappa shape index (κ1) is 22.1. The van der Waals surface area contributed by atoms with Gasteiger partial charge >= 0.3 is 0 Å². The second-order valence-electron chi connectivity index (χ2n) is 8.67. The van der Waals surface area contributed by atoms with Crippen LogP contribution in [0.3, 0.4) is 0 Å². The van der Waals surface area contributed by atoms with E-state index in [1.807, 2.05) is 42.6 Å². The third-order valence-electron chi connectivity index (χ3n) is 6.61. The normalized spacial score (nSPS) is 18.7. The molecule has 0 spiro atoms. The van der Waals surface area contributed by atoms with Gasteiger partial charge in [0, 0.05) is 39.5 Å². The van der Waals surface area contributed by atoms with Crippen LogP contribution in [0.2, 0.25) is 0 Å². The number of fused-ring (bicyclic) bond motifs is 1. The Morgan fingerprint density at radius 1 is 0.971 bits per heavy atom. The molecule has 0 bridgehead atoms. The molecule has 2 aromatic heterocycles. The number of ether oxygens (including phenoxy) is 2. The molecule has 1 fully saturated rings. The van der Waals surface area contributed by atoms with Crippen LogP contribution in [-0.2, 0) is 0 Å². The highest BCUT2D eigenvalue weighted by molar-refractivity contribution is 9.10. The zero-order valence-electron chi connectivity index (χ0n) is 19.2. The highest BCUT2D eigenvalue weighted by Crippen LogP contribution is 2.46. The molecule has 35 heavy (non-hydrogen) atoms. The van der Waals surface area contributed by atoms with Crippen LogP contribution in [0.4, 0.5) is 5.69 Å². The number of benzene rings is 2. The van der Waals surface area contributed by atoms with Gasteiger partial charge in [0.15, 0.2) is 16.6 Å². The van der Waals surface area contributed by atoms with Gasteiger partial charge in [-0.2, -0.15) is 0 Å². The Morgan fingerprint density at radius 3 is 2.51 bits per heavy atom. The summed E-state index contributed by atoms with van der Waals surface area (Å²) in [4.78, 5) is 6.85. The molecule has 6 rings (SSSR count). The molecule has 2 aliphatic heterocycles. The number of hydrogen-bond donors (Lipinski definition) is 1. The molecule has 0 saturated carbocycles. The number of rotatable bonds is 4. The summed E-state index contributed by atoms with van der Waals surface area (Å²) < 4.78 is 14.5. The fraction of sp³-hybridized carbons (Fsp3) is 0.185. The molecule has 176 valence electrons. The van der Waals surface area contributed by atoms with Crippen molar-refractivity contribution in [2.75, 3.05) is 11.7 Å². The molecule has 4 aromatic rings. The number of anilines is 1. The number of aryl methyl sites for hydroxylation is 1. The average Bonchev–Trinajstić information content (AvgIpc) is 3.55. The maximum atomic E-state index is 5.90. The van der Waals surface area contributed by atoms with Crippen LogP contribution in [0.15, 0.2) is 77.4 Å². The highest BCUT2D eigenvalue weighted by atomic mass is 79.9. The minimum Gasteiger partial charge on any atom is -0.454 e. The Kier molecular flexibility index (Phi) is 5.50. The Balaban J connectivity index is 1.51. The van der Waals surface area contributed by atoms with Crippen LogP contribution < -0.4 is 19.7 Å². The number of nitrogens with one attached hydrogen (secondary N) is 1. The number of nitrogens with zero attached hydrogens (tertiary/aromatic N) is 3. The number of hydrogen-bond acceptors (Lipinski definition) is 4. The standard InChI is InChI=1S/C27H23BrN4O2S/c1-16-13-21(17(2)31(16)19-8-6-18(28)7-9-19)26-25(22-5-3-4-12-29-22)30-27(35)32(26)20-10-11-23-24(14-20)34-15-33-23/h3-14,25-26H,15H2,1-2H3,(H,30,35)/t25-,26+/m0/s1. The zero-order valence-corrected chi connectivity index (χ0v) is 21.6. The average molecular weight is 547 g/mol. The monoisotopic (exact) mass is 546 g/mol. The van der Waals surface area contributed by atoms with Crippen molar-refractivity contribution in [2.45, 2.75) is 25.9 Å². The quantitative estimate of drug-likeness (QED) is 0.309. The fourth-order valence-electron chi connectivity index (χ4n) is 5.06. The maximum absolute atomic E-state index is 5.90. The van der Waals surface area contributed by atoms with Gasteiger partial charge in [-0.3, -0.25) is 4.98 Å². The highest BCUT2D eigenvalue weighted by Gasteiger charge is 2.42. The van der Waals surface area contributed by atoms with Crippen molar-refractivity contribution in [1.29, 1.82) is 0 Å². The van der Waals surface area contributed by atoms with Crippen molar-refractivity contribution < 1.29 is 9.47 Å². The molecule has 6 nitrogen and oxygen atoms in total. The molecule has 0 amide bonds. The second-order valence-corrected chi connectivity index (χ2v) is 9.97. The summed E-state index contributed by atoms with van der Waals surface area (Å²) in [6, 6.07) is 22.4. The predicted molar refractivity (Wildman–Crippen MR) is 143 cm³/mol. The van der Waals surface area contributed by atoms with Crippen LogP contribution in [0.1, 0.15) is 34.7 Å². The van der Waals surface area contributed by atoms with Crippen LogP contribution in [0.25, 0.3) is 5.69 Å². The van der Waals surface area contributed by atoms with Gasteiger partial charge in [0.2, 0.25) is 6.79 Å². The van der Waals surface area contributed by atoms with E-state index < -0.39 is 0 Å². The van der Waals surface area contributed by atoms with E-state index in [1.165, 1.54) is 5.56 Å². The van der Waals surface area contributed by atoms with E-state index in [1.54, 1.807) is 0 Å². The van der Waals surface area contributed by atoms with Crippen molar-refractivity contribution in [3.05, 3.63) is 100 Å². The lowest BCUT2D eigenvalue weighted by atomic mass is 9.96. The Labute approximate surface area is 217 Å². The fourth-order valence-corrected chi connectivity index (χ4v) is 5.67. The lowest BCUT2D eigenvalue weighted by molar-refractivity contribution is 0.174. The van der Waals surface area contributed by atoms with Crippen molar-refractivity contribution in [3.63, 3.8) is 0 Å². The first-order valence-electron chi connectivity index (χ1n) is 11.4. The SMILES string of the molecule is Cc1cc([C@@H]2[C@H](c3ccccn3)NC(=S)N2c2ccc3c(c2)OCO3)c(C)n1-c1ccc(Br)cc1. The van der Waals surface area contributed by atoms with Gasteiger partial charge in [-0.15, -0.1) is 0 Å². The predicted octanol–water partition coefficient (Wildman–Crippen LogP) is 6.16. The largest absolute Gasteiger partial charge is 0.454 e. The smallest absolute Gasteiger partial charge is 0.231 e. The molecule has 2 aliphatic rings. The molecule has 8 heteroatoms. The zero-order chi connectivity index (χ0) is 24.1. The number of thiocarbonyl (C=S) groups is 1. The molecular weight excluding hydrogens is 524 g/mol. The van der Waals surface area contributed by atoms with Gasteiger partial charge in [-0.1, -0.05) is 22.0 Å². The van der Waals surface area contributed by atoms with Crippen LogP contribution in [-0.4, -0.2) is 21.5 Å². The summed E-state index contributed by atoms with van der Waals surface area (Å²) >= 11 is 9.44. The number of aromatic nitrogens is 2. The third-order valence-corrected chi connectivity index (χ3v) is 7.45. The summed E-state index contributed by atoms with van der Waals surface area (Å²) in [5.74, 6) is 1.48. The van der Waals surface area contributed by atoms with Crippen LogP contribution >= 0.6 is 28.1 Å². The van der Waals surface area contributed by atoms with E-state index in [4.69, 9.17) is 21.7 Å². The van der Waals surface area contributed by atoms with Crippen molar-refractivity contribution in [3.8, 4) is 17.2 Å². The third kappa shape index (κ3) is 3.77. The lowest BCUT2D eigenvalue weighted by Crippen LogP contribution is -2.29. The van der Waals surface area contributed by atoms with Crippen molar-refractivity contribution in [2.24, 2.45) is 0 Å². The van der Waals surface area contributed by atoms with E-state index in [0.717, 1.165) is 44.4 Å². The van der Waals surface area contributed by atoms with Gasteiger partial charge in [-0.05, 0) is 86.2 Å². The molecule has 0 aliphatic carbocycles. The van der Waals surface area contributed by atoms with Crippen LogP contribution in [0, 0.1) is 13.8 Å².